The lowest BCUT2D eigenvalue weighted by molar-refractivity contribution is -0.135. The topological polar surface area (TPSA) is 117 Å². The molecule has 4 amide bonds. The van der Waals surface area contributed by atoms with Gasteiger partial charge in [-0.1, -0.05) is 49.2 Å². The Hall–Kier alpha value is -4.66. The number of anilines is 2. The van der Waals surface area contributed by atoms with Crippen LogP contribution in [0, 0.1) is 0 Å². The van der Waals surface area contributed by atoms with Crippen LogP contribution in [0.2, 0.25) is 0 Å². The molecule has 1 atom stereocenters. The summed E-state index contributed by atoms with van der Waals surface area (Å²) in [6.45, 7) is 0.263. The molecule has 6 rings (SSSR count). The van der Waals surface area contributed by atoms with Crippen LogP contribution >= 0.6 is 0 Å². The Morgan fingerprint density at radius 2 is 1.55 bits per heavy atom. The van der Waals surface area contributed by atoms with E-state index in [0.29, 0.717) is 25.1 Å². The van der Waals surface area contributed by atoms with E-state index in [1.54, 1.807) is 0 Å². The number of rotatable bonds is 8. The van der Waals surface area contributed by atoms with Crippen LogP contribution in [0.15, 0.2) is 60.7 Å². The third-order valence-corrected chi connectivity index (χ3v) is 9.59. The van der Waals surface area contributed by atoms with Gasteiger partial charge in [0.1, 0.15) is 12.6 Å². The fraction of sp³-hybridized carbons (Fsp3) is 0.371. The standard InChI is InChI=1S/C35H38N4O5/c1-44-34(43)36-21-31(41)39-20-4-5-30(39)33(42)38-26-12-8-23(9-13-26)27-14-15-28(24-6-10-25(11-7-24)37-22-40)32-29(27)16-19-35(32)17-2-3-18-35/h6-15,22,30H,2-5,16-21H2,1H3,(H,36,43)(H,37,40)(H,38,42). The van der Waals surface area contributed by atoms with Crippen molar-refractivity contribution in [3.8, 4) is 22.3 Å². The smallest absolute Gasteiger partial charge is 0.407 e. The predicted octanol–water partition coefficient (Wildman–Crippen LogP) is 5.63. The number of likely N-dealkylation sites (tertiary alicyclic amines) is 1. The Labute approximate surface area is 257 Å². The Kier molecular flexibility index (Phi) is 8.37. The molecule has 1 unspecified atom stereocenters. The average Bonchev–Trinajstić information content (AvgIpc) is 3.82. The van der Waals surface area contributed by atoms with Crippen molar-refractivity contribution in [3.05, 3.63) is 71.8 Å². The van der Waals surface area contributed by atoms with E-state index in [4.69, 9.17) is 0 Å². The lowest BCUT2D eigenvalue weighted by Gasteiger charge is -2.28. The number of carbonyl (C=O) groups is 4. The van der Waals surface area contributed by atoms with Crippen molar-refractivity contribution >= 4 is 35.7 Å². The van der Waals surface area contributed by atoms with Crippen LogP contribution in [0.25, 0.3) is 22.3 Å². The molecule has 3 N–H and O–H groups in total. The van der Waals surface area contributed by atoms with Crippen molar-refractivity contribution in [2.45, 2.75) is 62.8 Å². The van der Waals surface area contributed by atoms with Gasteiger partial charge in [0.05, 0.1) is 7.11 Å². The Morgan fingerprint density at radius 3 is 2.23 bits per heavy atom. The lowest BCUT2D eigenvalue weighted by atomic mass is 9.76. The highest BCUT2D eigenvalue weighted by Crippen LogP contribution is 2.55. The number of alkyl carbamates (subject to hydrolysis) is 1. The lowest BCUT2D eigenvalue weighted by Crippen LogP contribution is -2.47. The van der Waals surface area contributed by atoms with Gasteiger partial charge in [-0.2, -0.15) is 0 Å². The van der Waals surface area contributed by atoms with Gasteiger partial charge in [-0.25, -0.2) is 4.79 Å². The molecule has 228 valence electrons. The number of hydrogen-bond donors (Lipinski definition) is 3. The minimum Gasteiger partial charge on any atom is -0.453 e. The zero-order valence-electron chi connectivity index (χ0n) is 25.0. The molecule has 1 saturated heterocycles. The van der Waals surface area contributed by atoms with Crippen LogP contribution in [-0.2, 0) is 31.0 Å². The van der Waals surface area contributed by atoms with E-state index in [-0.39, 0.29) is 23.8 Å². The van der Waals surface area contributed by atoms with Crippen LogP contribution in [0.1, 0.15) is 56.1 Å². The molecule has 0 bridgehead atoms. The van der Waals surface area contributed by atoms with Gasteiger partial charge >= 0.3 is 6.09 Å². The molecule has 1 saturated carbocycles. The summed E-state index contributed by atoms with van der Waals surface area (Å²) >= 11 is 0. The zero-order valence-corrected chi connectivity index (χ0v) is 25.0. The van der Waals surface area contributed by atoms with Gasteiger partial charge < -0.3 is 25.6 Å². The van der Waals surface area contributed by atoms with Gasteiger partial charge in [0.25, 0.3) is 0 Å². The van der Waals surface area contributed by atoms with Crippen LogP contribution in [0.5, 0.6) is 0 Å². The molecule has 2 aliphatic carbocycles. The minimum absolute atomic E-state index is 0.210. The number of ether oxygens (including phenoxy) is 1. The van der Waals surface area contributed by atoms with Crippen molar-refractivity contribution in [1.29, 1.82) is 0 Å². The largest absolute Gasteiger partial charge is 0.453 e. The summed E-state index contributed by atoms with van der Waals surface area (Å²) in [7, 11) is 1.24. The van der Waals surface area contributed by atoms with Crippen molar-refractivity contribution < 1.29 is 23.9 Å². The highest BCUT2D eigenvalue weighted by Gasteiger charge is 2.43. The SMILES string of the molecule is COC(=O)NCC(=O)N1CCCC1C(=O)Nc1ccc(-c2ccc(-c3ccc(NC=O)cc3)c3c2CCC32CCCC2)cc1. The van der Waals surface area contributed by atoms with E-state index >= 15 is 0 Å². The Morgan fingerprint density at radius 1 is 0.886 bits per heavy atom. The molecule has 0 aromatic heterocycles. The fourth-order valence-electron chi connectivity index (χ4n) is 7.50. The predicted molar refractivity (Wildman–Crippen MR) is 169 cm³/mol. The van der Waals surface area contributed by atoms with Crippen molar-refractivity contribution in [2.24, 2.45) is 0 Å². The summed E-state index contributed by atoms with van der Waals surface area (Å²) < 4.78 is 4.53. The summed E-state index contributed by atoms with van der Waals surface area (Å²) in [6, 6.07) is 19.9. The maximum atomic E-state index is 13.2. The van der Waals surface area contributed by atoms with E-state index in [0.717, 1.165) is 36.1 Å². The van der Waals surface area contributed by atoms with E-state index in [1.165, 1.54) is 59.9 Å². The molecule has 9 heteroatoms. The maximum absolute atomic E-state index is 13.2. The number of benzene rings is 3. The molecule has 9 nitrogen and oxygen atoms in total. The zero-order chi connectivity index (χ0) is 30.7. The normalized spacial score (nSPS) is 18.1. The van der Waals surface area contributed by atoms with Gasteiger partial charge in [0.2, 0.25) is 18.2 Å². The molecule has 1 aliphatic heterocycles. The monoisotopic (exact) mass is 594 g/mol. The van der Waals surface area contributed by atoms with Crippen LogP contribution in [0.4, 0.5) is 16.2 Å². The van der Waals surface area contributed by atoms with Crippen molar-refractivity contribution in [2.75, 3.05) is 30.8 Å². The minimum atomic E-state index is -0.681. The highest BCUT2D eigenvalue weighted by molar-refractivity contribution is 5.98. The molecule has 0 radical (unpaired) electrons. The number of nitrogens with zero attached hydrogens (tertiary/aromatic N) is 1. The number of carbonyl (C=O) groups excluding carboxylic acids is 4. The molecule has 3 aromatic rings. The number of fused-ring (bicyclic) bond motifs is 2. The first-order valence-electron chi connectivity index (χ1n) is 15.4. The molecule has 2 fully saturated rings. The summed E-state index contributed by atoms with van der Waals surface area (Å²) in [4.78, 5) is 49.6. The second-order valence-corrected chi connectivity index (χ2v) is 12.0. The van der Waals surface area contributed by atoms with E-state index in [2.05, 4.69) is 57.1 Å². The molecular formula is C35H38N4O5. The first kappa shape index (κ1) is 29.4. The van der Waals surface area contributed by atoms with Gasteiger partial charge in [-0.15, -0.1) is 0 Å². The first-order valence-corrected chi connectivity index (χ1v) is 15.4. The highest BCUT2D eigenvalue weighted by atomic mass is 16.5. The number of amides is 4. The second kappa shape index (κ2) is 12.5. The van der Waals surface area contributed by atoms with Gasteiger partial charge in [0.15, 0.2) is 0 Å². The van der Waals surface area contributed by atoms with Gasteiger partial charge in [-0.3, -0.25) is 14.4 Å². The van der Waals surface area contributed by atoms with Gasteiger partial charge in [-0.05, 0) is 102 Å². The number of nitrogens with one attached hydrogen (secondary N) is 3. The van der Waals surface area contributed by atoms with E-state index in [9.17, 15) is 19.2 Å². The summed E-state index contributed by atoms with van der Waals surface area (Å²) in [6.07, 6.45) is 8.46. The number of methoxy groups -OCH3 is 1. The van der Waals surface area contributed by atoms with E-state index < -0.39 is 12.1 Å². The summed E-state index contributed by atoms with van der Waals surface area (Å²) in [5, 5.41) is 8.11. The quantitative estimate of drug-likeness (QED) is 0.292. The Bertz CT molecular complexity index is 1560. The maximum Gasteiger partial charge on any atom is 0.407 e. The molecule has 3 aliphatic rings. The van der Waals surface area contributed by atoms with Crippen LogP contribution < -0.4 is 16.0 Å². The summed E-state index contributed by atoms with van der Waals surface area (Å²) in [5.74, 6) is -0.543. The fourth-order valence-corrected chi connectivity index (χ4v) is 7.50. The molecular weight excluding hydrogens is 556 g/mol. The number of hydrogen-bond acceptors (Lipinski definition) is 5. The third-order valence-electron chi connectivity index (χ3n) is 9.59. The molecule has 3 aromatic carbocycles. The summed E-state index contributed by atoms with van der Waals surface area (Å²) in [5.41, 5.74) is 9.35. The van der Waals surface area contributed by atoms with Crippen molar-refractivity contribution in [3.63, 3.8) is 0 Å². The first-order chi connectivity index (χ1) is 21.4. The van der Waals surface area contributed by atoms with Gasteiger partial charge in [0, 0.05) is 17.9 Å². The third kappa shape index (κ3) is 5.66. The second-order valence-electron chi connectivity index (χ2n) is 12.0. The average molecular weight is 595 g/mol. The van der Waals surface area contributed by atoms with Crippen LogP contribution in [0.3, 0.4) is 0 Å². The molecule has 1 spiro atoms. The van der Waals surface area contributed by atoms with Crippen LogP contribution in [-0.4, -0.2) is 55.5 Å². The Balaban J connectivity index is 1.22. The van der Waals surface area contributed by atoms with Crippen molar-refractivity contribution in [1.82, 2.24) is 10.2 Å². The molecule has 44 heavy (non-hydrogen) atoms. The molecule has 1 heterocycles. The van der Waals surface area contributed by atoms with E-state index in [1.807, 2.05) is 24.3 Å².